The van der Waals surface area contributed by atoms with Crippen molar-refractivity contribution >= 4 is 5.91 Å². The number of aliphatic hydroxyl groups excluding tert-OH is 1. The highest BCUT2D eigenvalue weighted by molar-refractivity contribution is 5.81. The van der Waals surface area contributed by atoms with Gasteiger partial charge in [0.2, 0.25) is 0 Å². The Morgan fingerprint density at radius 1 is 1.28 bits per heavy atom. The Morgan fingerprint density at radius 3 is 2.72 bits per heavy atom. The highest BCUT2D eigenvalue weighted by atomic mass is 19.4. The van der Waals surface area contributed by atoms with Crippen LogP contribution in [0.15, 0.2) is 24.3 Å². The van der Waals surface area contributed by atoms with Gasteiger partial charge in [-0.1, -0.05) is 43.7 Å². The maximum absolute atomic E-state index is 12.1. The van der Waals surface area contributed by atoms with Crippen LogP contribution in [0.1, 0.15) is 50.2 Å². The summed E-state index contributed by atoms with van der Waals surface area (Å²) in [5, 5.41) is 11.6. The second-order valence-corrected chi connectivity index (χ2v) is 5.84. The Kier molecular flexibility index (Phi) is 9.07. The van der Waals surface area contributed by atoms with Crippen molar-refractivity contribution in [2.75, 3.05) is 6.54 Å². The predicted octanol–water partition coefficient (Wildman–Crippen LogP) is 3.59. The summed E-state index contributed by atoms with van der Waals surface area (Å²) in [6.45, 7) is 2.06. The molecule has 0 unspecified atom stereocenters. The van der Waals surface area contributed by atoms with E-state index < -0.39 is 18.2 Å². The maximum atomic E-state index is 12.1. The number of halogens is 3. The van der Waals surface area contributed by atoms with Crippen molar-refractivity contribution in [3.63, 3.8) is 0 Å². The molecule has 0 fully saturated rings. The van der Waals surface area contributed by atoms with E-state index in [0.29, 0.717) is 19.3 Å². The van der Waals surface area contributed by atoms with Gasteiger partial charge in [-0.2, -0.15) is 13.2 Å². The number of carbonyl (C=O) groups is 1. The van der Waals surface area contributed by atoms with E-state index >= 15 is 0 Å². The first-order chi connectivity index (χ1) is 11.8. The highest BCUT2D eigenvalue weighted by Crippen LogP contribution is 2.14. The fourth-order valence-electron chi connectivity index (χ4n) is 2.23. The molecule has 6 heteroatoms. The quantitative estimate of drug-likeness (QED) is 0.553. The lowest BCUT2D eigenvalue weighted by Crippen LogP contribution is -2.37. The summed E-state index contributed by atoms with van der Waals surface area (Å²) in [4.78, 5) is 10.7. The van der Waals surface area contributed by atoms with E-state index in [1.54, 1.807) is 0 Å². The fraction of sp³-hybridized carbons (Fsp3) is 0.526. The lowest BCUT2D eigenvalue weighted by Gasteiger charge is -2.07. The van der Waals surface area contributed by atoms with Gasteiger partial charge in [-0.05, 0) is 43.4 Å². The molecule has 0 aliphatic rings. The number of hydrogen-bond acceptors (Lipinski definition) is 2. The van der Waals surface area contributed by atoms with E-state index in [0.717, 1.165) is 30.4 Å². The zero-order chi connectivity index (χ0) is 18.7. The fourth-order valence-corrected chi connectivity index (χ4v) is 2.23. The number of rotatable bonds is 8. The molecule has 0 saturated heterocycles. The lowest BCUT2D eigenvalue weighted by molar-refractivity contribution is -0.173. The second kappa shape index (κ2) is 10.8. The van der Waals surface area contributed by atoms with Crippen molar-refractivity contribution in [2.24, 2.45) is 0 Å². The highest BCUT2D eigenvalue weighted by Gasteiger charge is 2.38. The summed E-state index contributed by atoms with van der Waals surface area (Å²) in [6, 6.07) is 7.34. The smallest absolute Gasteiger partial charge is 0.380 e. The average Bonchev–Trinajstić information content (AvgIpc) is 2.56. The third-order valence-electron chi connectivity index (χ3n) is 3.58. The molecule has 2 N–H and O–H groups in total. The van der Waals surface area contributed by atoms with E-state index in [9.17, 15) is 23.1 Å². The first-order valence-corrected chi connectivity index (χ1v) is 8.46. The molecular weight excluding hydrogens is 331 g/mol. The summed E-state index contributed by atoms with van der Waals surface area (Å²) >= 11 is 0. The summed E-state index contributed by atoms with van der Waals surface area (Å²) in [5.74, 6) is 3.82. The van der Waals surface area contributed by atoms with E-state index in [2.05, 4.69) is 18.8 Å². The van der Waals surface area contributed by atoms with E-state index in [1.165, 1.54) is 0 Å². The van der Waals surface area contributed by atoms with Crippen molar-refractivity contribution in [3.8, 4) is 11.8 Å². The molecule has 0 aliphatic heterocycles. The number of aryl methyl sites for hydroxylation is 1. The molecule has 0 spiro atoms. The molecule has 0 saturated carbocycles. The molecule has 1 rings (SSSR count). The third kappa shape index (κ3) is 9.16. The maximum Gasteiger partial charge on any atom is 0.471 e. The number of benzene rings is 1. The number of carbonyl (C=O) groups excluding carboxylic acids is 1. The molecule has 1 amide bonds. The van der Waals surface area contributed by atoms with Gasteiger partial charge >= 0.3 is 12.1 Å². The van der Waals surface area contributed by atoms with Crippen molar-refractivity contribution < 1.29 is 23.1 Å². The van der Waals surface area contributed by atoms with Gasteiger partial charge in [-0.3, -0.25) is 4.79 Å². The Labute approximate surface area is 146 Å². The average molecular weight is 355 g/mol. The zero-order valence-corrected chi connectivity index (χ0v) is 14.3. The molecule has 1 atom stereocenters. The molecule has 1 aromatic rings. The molecule has 138 valence electrons. The zero-order valence-electron chi connectivity index (χ0n) is 14.3. The molecular formula is C19H24F3NO2. The number of amides is 1. The van der Waals surface area contributed by atoms with E-state index in [4.69, 9.17) is 0 Å². The monoisotopic (exact) mass is 355 g/mol. The summed E-state index contributed by atoms with van der Waals surface area (Å²) in [5.41, 5.74) is 1.68. The van der Waals surface area contributed by atoms with Crippen LogP contribution in [0.2, 0.25) is 0 Å². The molecule has 0 heterocycles. The van der Waals surface area contributed by atoms with Gasteiger partial charge in [0.25, 0.3) is 0 Å². The van der Waals surface area contributed by atoms with Gasteiger partial charge < -0.3 is 10.4 Å². The Balaban J connectivity index is 2.44. The summed E-state index contributed by atoms with van der Waals surface area (Å²) < 4.78 is 36.2. The number of nitrogens with one attached hydrogen (secondary N) is 1. The van der Waals surface area contributed by atoms with Gasteiger partial charge in [0, 0.05) is 12.1 Å². The second-order valence-electron chi connectivity index (χ2n) is 5.84. The van der Waals surface area contributed by atoms with Gasteiger partial charge in [0.15, 0.2) is 0 Å². The van der Waals surface area contributed by atoms with Crippen molar-refractivity contribution in [1.29, 1.82) is 0 Å². The summed E-state index contributed by atoms with van der Waals surface area (Å²) in [6.07, 6.45) is -0.800. The molecule has 0 aliphatic carbocycles. The van der Waals surface area contributed by atoms with Crippen LogP contribution < -0.4 is 5.32 Å². The van der Waals surface area contributed by atoms with E-state index in [-0.39, 0.29) is 6.54 Å². The first-order valence-electron chi connectivity index (χ1n) is 8.46. The molecule has 0 bridgehead atoms. The number of unbranched alkanes of at least 4 members (excludes halogenated alkanes) is 2. The van der Waals surface area contributed by atoms with Gasteiger partial charge in [-0.15, -0.1) is 0 Å². The molecule has 0 radical (unpaired) electrons. The van der Waals surface area contributed by atoms with Crippen LogP contribution in [-0.4, -0.2) is 29.8 Å². The SMILES string of the molecule is CCCCC[C@H](O)C#Cc1cccc(CCCNC(=O)C(F)(F)F)c1. The Hall–Kier alpha value is -2.00. The third-order valence-corrected chi connectivity index (χ3v) is 3.58. The van der Waals surface area contributed by atoms with Gasteiger partial charge in [-0.25, -0.2) is 0 Å². The first kappa shape index (κ1) is 21.0. The van der Waals surface area contributed by atoms with Crippen LogP contribution >= 0.6 is 0 Å². The predicted molar refractivity (Wildman–Crippen MR) is 90.9 cm³/mol. The lowest BCUT2D eigenvalue weighted by atomic mass is 10.1. The van der Waals surface area contributed by atoms with E-state index in [1.807, 2.05) is 29.6 Å². The molecule has 25 heavy (non-hydrogen) atoms. The van der Waals surface area contributed by atoms with Crippen molar-refractivity contribution in [1.82, 2.24) is 5.32 Å². The van der Waals surface area contributed by atoms with Gasteiger partial charge in [0.1, 0.15) is 6.10 Å². The normalized spacial score (nSPS) is 12.2. The van der Waals surface area contributed by atoms with Crippen LogP contribution in [0.5, 0.6) is 0 Å². The number of alkyl halides is 3. The van der Waals surface area contributed by atoms with Crippen molar-refractivity contribution in [3.05, 3.63) is 35.4 Å². The number of aliphatic hydroxyl groups is 1. The molecule has 3 nitrogen and oxygen atoms in total. The minimum atomic E-state index is -4.84. The number of hydrogen-bond donors (Lipinski definition) is 2. The summed E-state index contributed by atoms with van der Waals surface area (Å²) in [7, 11) is 0. The minimum absolute atomic E-state index is 0.0373. The topological polar surface area (TPSA) is 49.3 Å². The van der Waals surface area contributed by atoms with Crippen LogP contribution in [-0.2, 0) is 11.2 Å². The largest absolute Gasteiger partial charge is 0.471 e. The van der Waals surface area contributed by atoms with Crippen LogP contribution in [0.3, 0.4) is 0 Å². The Bertz CT molecular complexity index is 603. The van der Waals surface area contributed by atoms with Crippen LogP contribution in [0, 0.1) is 11.8 Å². The molecule has 1 aromatic carbocycles. The van der Waals surface area contributed by atoms with Crippen LogP contribution in [0.4, 0.5) is 13.2 Å². The van der Waals surface area contributed by atoms with Crippen molar-refractivity contribution in [2.45, 2.75) is 57.7 Å². The van der Waals surface area contributed by atoms with Crippen LogP contribution in [0.25, 0.3) is 0 Å². The standard InChI is InChI=1S/C19H24F3NO2/c1-2-3-4-10-17(24)12-11-16-8-5-7-15(14-16)9-6-13-23-18(25)19(20,21)22/h5,7-8,14,17,24H,2-4,6,9-10,13H2,1H3,(H,23,25)/t17-/m0/s1. The Morgan fingerprint density at radius 2 is 2.04 bits per heavy atom. The molecule has 0 aromatic heterocycles. The minimum Gasteiger partial charge on any atom is -0.380 e. The van der Waals surface area contributed by atoms with Gasteiger partial charge in [0.05, 0.1) is 0 Å².